The van der Waals surface area contributed by atoms with Crippen molar-refractivity contribution in [2.24, 2.45) is 0 Å². The molecule has 2 aromatic rings. The fraction of sp³-hybridized carbons (Fsp3) is 0.100. The normalized spacial score (nSPS) is 10.4. The summed E-state index contributed by atoms with van der Waals surface area (Å²) >= 11 is 3.04. The Labute approximate surface area is 89.5 Å². The van der Waals surface area contributed by atoms with Gasteiger partial charge in [0.15, 0.2) is 0 Å². The van der Waals surface area contributed by atoms with Gasteiger partial charge in [-0.1, -0.05) is 0 Å². The van der Waals surface area contributed by atoms with Gasteiger partial charge in [0.1, 0.15) is 0 Å². The molecule has 2 heterocycles. The molecule has 0 atom stereocenters. The van der Waals surface area contributed by atoms with Crippen LogP contribution in [0.4, 0.5) is 0 Å². The van der Waals surface area contributed by atoms with Crippen molar-refractivity contribution in [2.75, 3.05) is 0 Å². The van der Waals surface area contributed by atoms with Crippen molar-refractivity contribution in [1.29, 1.82) is 0 Å². The van der Waals surface area contributed by atoms with Crippen LogP contribution in [0.3, 0.4) is 0 Å². The van der Waals surface area contributed by atoms with Crippen LogP contribution in [0.2, 0.25) is 0 Å². The van der Waals surface area contributed by atoms with Crippen LogP contribution in [-0.4, -0.2) is 11.1 Å². The van der Waals surface area contributed by atoms with Gasteiger partial charge in [-0.05, 0) is 19.1 Å². The second-order valence-electron chi connectivity index (χ2n) is 2.91. The number of carboxylic acids is 1. The minimum absolute atomic E-state index is 0.400. The number of hydrogen-bond donors (Lipinski definition) is 1. The molecule has 0 saturated heterocycles. The topological polar surface area (TPSA) is 37.3 Å². The van der Waals surface area contributed by atoms with Gasteiger partial charge in [-0.25, -0.2) is 4.79 Å². The average molecular weight is 224 g/mol. The molecule has 1 N–H and O–H groups in total. The SMILES string of the molecule is Cc1ccc(-c2cscc2C(=O)O)s1. The molecule has 0 saturated carbocycles. The lowest BCUT2D eigenvalue weighted by molar-refractivity contribution is 0.0698. The molecule has 0 amide bonds. The Morgan fingerprint density at radius 3 is 2.71 bits per heavy atom. The van der Waals surface area contributed by atoms with Crippen molar-refractivity contribution < 1.29 is 9.90 Å². The lowest BCUT2D eigenvalue weighted by Crippen LogP contribution is -1.94. The van der Waals surface area contributed by atoms with Gasteiger partial charge in [0.05, 0.1) is 5.56 Å². The maximum atomic E-state index is 10.9. The van der Waals surface area contributed by atoms with E-state index in [1.54, 1.807) is 16.7 Å². The van der Waals surface area contributed by atoms with E-state index in [2.05, 4.69) is 0 Å². The van der Waals surface area contributed by atoms with Crippen LogP contribution >= 0.6 is 22.7 Å². The van der Waals surface area contributed by atoms with E-state index in [1.165, 1.54) is 16.2 Å². The molecular formula is C10H8O2S2. The largest absolute Gasteiger partial charge is 0.478 e. The standard InChI is InChI=1S/C10H8O2S2/c1-6-2-3-9(14-6)7-4-13-5-8(7)10(11)12/h2-5H,1H3,(H,11,12). The van der Waals surface area contributed by atoms with Crippen LogP contribution < -0.4 is 0 Å². The Hall–Kier alpha value is -1.13. The fourth-order valence-corrected chi connectivity index (χ4v) is 3.03. The van der Waals surface area contributed by atoms with Gasteiger partial charge >= 0.3 is 5.97 Å². The van der Waals surface area contributed by atoms with E-state index in [0.717, 1.165) is 10.4 Å². The Morgan fingerprint density at radius 1 is 1.36 bits per heavy atom. The zero-order valence-electron chi connectivity index (χ0n) is 7.48. The highest BCUT2D eigenvalue weighted by molar-refractivity contribution is 7.16. The molecule has 0 bridgehead atoms. The van der Waals surface area contributed by atoms with Crippen molar-refractivity contribution in [3.05, 3.63) is 33.3 Å². The van der Waals surface area contributed by atoms with Gasteiger partial charge in [-0.2, -0.15) is 11.3 Å². The van der Waals surface area contributed by atoms with Gasteiger partial charge in [-0.3, -0.25) is 0 Å². The number of hydrogen-bond acceptors (Lipinski definition) is 3. The second kappa shape index (κ2) is 3.55. The summed E-state index contributed by atoms with van der Waals surface area (Å²) < 4.78 is 0. The number of aryl methyl sites for hydroxylation is 1. The zero-order chi connectivity index (χ0) is 10.1. The lowest BCUT2D eigenvalue weighted by Gasteiger charge is -1.94. The van der Waals surface area contributed by atoms with Crippen LogP contribution in [0.15, 0.2) is 22.9 Å². The molecule has 0 aromatic carbocycles. The maximum Gasteiger partial charge on any atom is 0.337 e. The Bertz CT molecular complexity index is 468. The monoisotopic (exact) mass is 224 g/mol. The summed E-state index contributed by atoms with van der Waals surface area (Å²) in [5, 5.41) is 12.5. The van der Waals surface area contributed by atoms with E-state index >= 15 is 0 Å². The smallest absolute Gasteiger partial charge is 0.337 e. The summed E-state index contributed by atoms with van der Waals surface area (Å²) in [6.07, 6.45) is 0. The van der Waals surface area contributed by atoms with Crippen LogP contribution in [-0.2, 0) is 0 Å². The van der Waals surface area contributed by atoms with Gasteiger partial charge in [-0.15, -0.1) is 11.3 Å². The molecule has 0 aliphatic carbocycles. The Balaban J connectivity index is 2.51. The van der Waals surface area contributed by atoms with E-state index in [1.807, 2.05) is 24.4 Å². The van der Waals surface area contributed by atoms with Gasteiger partial charge in [0.2, 0.25) is 0 Å². The van der Waals surface area contributed by atoms with Crippen molar-refractivity contribution in [3.8, 4) is 10.4 Å². The molecule has 2 nitrogen and oxygen atoms in total. The highest BCUT2D eigenvalue weighted by Gasteiger charge is 2.13. The molecule has 2 aromatic heterocycles. The van der Waals surface area contributed by atoms with E-state index in [9.17, 15) is 4.79 Å². The van der Waals surface area contributed by atoms with Crippen molar-refractivity contribution >= 4 is 28.6 Å². The predicted molar refractivity (Wildman–Crippen MR) is 59.3 cm³/mol. The van der Waals surface area contributed by atoms with Gasteiger partial charge in [0, 0.05) is 26.1 Å². The molecule has 0 spiro atoms. The first-order chi connectivity index (χ1) is 6.68. The minimum atomic E-state index is -0.854. The summed E-state index contributed by atoms with van der Waals surface area (Å²) in [6, 6.07) is 3.97. The van der Waals surface area contributed by atoms with E-state index in [0.29, 0.717) is 5.56 Å². The summed E-state index contributed by atoms with van der Waals surface area (Å²) in [5.74, 6) is -0.854. The third-order valence-electron chi connectivity index (χ3n) is 1.90. The molecule has 0 fully saturated rings. The molecule has 14 heavy (non-hydrogen) atoms. The minimum Gasteiger partial charge on any atom is -0.478 e. The first kappa shape index (κ1) is 9.43. The first-order valence-electron chi connectivity index (χ1n) is 4.05. The second-order valence-corrected chi connectivity index (χ2v) is 4.95. The molecule has 0 aliphatic rings. The Kier molecular flexibility index (Phi) is 2.39. The molecule has 2 rings (SSSR count). The van der Waals surface area contributed by atoms with Crippen molar-refractivity contribution in [1.82, 2.24) is 0 Å². The zero-order valence-corrected chi connectivity index (χ0v) is 9.11. The molecule has 0 radical (unpaired) electrons. The third kappa shape index (κ3) is 1.58. The number of carbonyl (C=O) groups is 1. The summed E-state index contributed by atoms with van der Waals surface area (Å²) in [4.78, 5) is 13.1. The van der Waals surface area contributed by atoms with Crippen LogP contribution in [0, 0.1) is 6.92 Å². The molecule has 0 unspecified atom stereocenters. The number of aromatic carboxylic acids is 1. The highest BCUT2D eigenvalue weighted by Crippen LogP contribution is 2.32. The quantitative estimate of drug-likeness (QED) is 0.847. The number of carboxylic acid groups (broad SMARTS) is 1. The maximum absolute atomic E-state index is 10.9. The average Bonchev–Trinajstić information content (AvgIpc) is 2.70. The predicted octanol–water partition coefficient (Wildman–Crippen LogP) is 3.48. The van der Waals surface area contributed by atoms with E-state index in [4.69, 9.17) is 5.11 Å². The van der Waals surface area contributed by atoms with E-state index in [-0.39, 0.29) is 0 Å². The number of thiophene rings is 2. The van der Waals surface area contributed by atoms with Gasteiger partial charge < -0.3 is 5.11 Å². The summed E-state index contributed by atoms with van der Waals surface area (Å²) in [5.41, 5.74) is 1.23. The molecule has 72 valence electrons. The summed E-state index contributed by atoms with van der Waals surface area (Å²) in [6.45, 7) is 2.01. The molecule has 4 heteroatoms. The third-order valence-corrected chi connectivity index (χ3v) is 3.68. The van der Waals surface area contributed by atoms with Crippen LogP contribution in [0.5, 0.6) is 0 Å². The first-order valence-corrected chi connectivity index (χ1v) is 5.80. The summed E-state index contributed by atoms with van der Waals surface area (Å²) in [7, 11) is 0. The highest BCUT2D eigenvalue weighted by atomic mass is 32.1. The number of rotatable bonds is 2. The fourth-order valence-electron chi connectivity index (χ4n) is 1.23. The van der Waals surface area contributed by atoms with Crippen LogP contribution in [0.1, 0.15) is 15.2 Å². The Morgan fingerprint density at radius 2 is 2.14 bits per heavy atom. The van der Waals surface area contributed by atoms with Gasteiger partial charge in [0.25, 0.3) is 0 Å². The van der Waals surface area contributed by atoms with Crippen molar-refractivity contribution in [3.63, 3.8) is 0 Å². The van der Waals surface area contributed by atoms with E-state index < -0.39 is 5.97 Å². The molecule has 0 aliphatic heterocycles. The van der Waals surface area contributed by atoms with Crippen molar-refractivity contribution in [2.45, 2.75) is 6.92 Å². The molecular weight excluding hydrogens is 216 g/mol. The van der Waals surface area contributed by atoms with Crippen LogP contribution in [0.25, 0.3) is 10.4 Å². The lowest BCUT2D eigenvalue weighted by atomic mass is 10.2.